The zero-order valence-corrected chi connectivity index (χ0v) is 20.4. The van der Waals surface area contributed by atoms with Gasteiger partial charge in [-0.15, -0.1) is 11.3 Å². The van der Waals surface area contributed by atoms with Crippen LogP contribution in [-0.4, -0.2) is 13.9 Å². The van der Waals surface area contributed by atoms with Crippen LogP contribution in [0.5, 0.6) is 0 Å². The molecule has 0 bridgehead atoms. The standard InChI is InChI=1S/C27H22FN3OS2/c1-17-15-24(34-30-17)22-11-12-23(33-22)25-18(2)29-26(20-9-6-10-21(28)16-20)31(27(25)32)14-13-19-7-4-3-5-8-19/h3-12,15-16H,13-14H2,1-2H3. The van der Waals surface area contributed by atoms with Gasteiger partial charge in [0.2, 0.25) is 0 Å². The van der Waals surface area contributed by atoms with Crippen LogP contribution in [0.3, 0.4) is 0 Å². The summed E-state index contributed by atoms with van der Waals surface area (Å²) in [5.74, 6) is 0.127. The highest BCUT2D eigenvalue weighted by molar-refractivity contribution is 7.22. The summed E-state index contributed by atoms with van der Waals surface area (Å²) in [6.45, 7) is 4.26. The predicted molar refractivity (Wildman–Crippen MR) is 138 cm³/mol. The summed E-state index contributed by atoms with van der Waals surface area (Å²) in [4.78, 5) is 21.7. The lowest BCUT2D eigenvalue weighted by atomic mass is 10.1. The first-order valence-corrected chi connectivity index (χ1v) is 12.5. The molecule has 3 aromatic heterocycles. The van der Waals surface area contributed by atoms with Crippen LogP contribution in [0.25, 0.3) is 31.6 Å². The normalized spacial score (nSPS) is 11.1. The van der Waals surface area contributed by atoms with Gasteiger partial charge in [-0.1, -0.05) is 42.5 Å². The molecule has 0 aliphatic rings. The van der Waals surface area contributed by atoms with Gasteiger partial charge in [-0.3, -0.25) is 9.36 Å². The zero-order chi connectivity index (χ0) is 23.7. The van der Waals surface area contributed by atoms with Crippen LogP contribution in [0.4, 0.5) is 4.39 Å². The fourth-order valence-electron chi connectivity index (χ4n) is 3.97. The fourth-order valence-corrected chi connectivity index (χ4v) is 5.89. The first-order chi connectivity index (χ1) is 16.5. The Balaban J connectivity index is 1.62. The van der Waals surface area contributed by atoms with E-state index in [4.69, 9.17) is 4.98 Å². The summed E-state index contributed by atoms with van der Waals surface area (Å²) in [7, 11) is 0. The fraction of sp³-hybridized carbons (Fsp3) is 0.148. The number of thiophene rings is 1. The minimum absolute atomic E-state index is 0.114. The van der Waals surface area contributed by atoms with Crippen LogP contribution in [0, 0.1) is 19.7 Å². The number of hydrogen-bond acceptors (Lipinski definition) is 5. The van der Waals surface area contributed by atoms with E-state index in [1.807, 2.05) is 56.3 Å². The molecule has 0 aliphatic heterocycles. The van der Waals surface area contributed by atoms with E-state index in [2.05, 4.69) is 10.4 Å². The van der Waals surface area contributed by atoms with Gasteiger partial charge in [-0.2, -0.15) is 4.37 Å². The van der Waals surface area contributed by atoms with E-state index in [1.165, 1.54) is 23.7 Å². The molecule has 7 heteroatoms. The quantitative estimate of drug-likeness (QED) is 0.266. The zero-order valence-electron chi connectivity index (χ0n) is 18.8. The predicted octanol–water partition coefficient (Wildman–Crippen LogP) is 6.76. The highest BCUT2D eigenvalue weighted by Gasteiger charge is 2.19. The second kappa shape index (κ2) is 9.44. The topological polar surface area (TPSA) is 47.8 Å². The lowest BCUT2D eigenvalue weighted by Gasteiger charge is -2.16. The molecule has 0 amide bonds. The monoisotopic (exact) mass is 487 g/mol. The number of aryl methyl sites for hydroxylation is 3. The molecule has 170 valence electrons. The van der Waals surface area contributed by atoms with E-state index < -0.39 is 0 Å². The van der Waals surface area contributed by atoms with Crippen LogP contribution in [0.2, 0.25) is 0 Å². The van der Waals surface area contributed by atoms with Crippen LogP contribution in [-0.2, 0) is 13.0 Å². The van der Waals surface area contributed by atoms with Crippen molar-refractivity contribution >= 4 is 22.9 Å². The number of rotatable bonds is 6. The molecule has 4 nitrogen and oxygen atoms in total. The number of aromatic nitrogens is 3. The summed E-state index contributed by atoms with van der Waals surface area (Å²) < 4.78 is 20.1. The van der Waals surface area contributed by atoms with E-state index in [0.717, 1.165) is 25.9 Å². The molecule has 0 N–H and O–H groups in total. The highest BCUT2D eigenvalue weighted by atomic mass is 32.1. The maximum atomic E-state index is 14.0. The molecule has 0 saturated carbocycles. The van der Waals surface area contributed by atoms with Crippen molar-refractivity contribution in [3.63, 3.8) is 0 Å². The van der Waals surface area contributed by atoms with E-state index in [0.29, 0.717) is 35.6 Å². The SMILES string of the molecule is Cc1cc(-c2ccc(-c3c(C)nc(-c4cccc(F)c4)n(CCc4ccccc4)c3=O)s2)sn1. The van der Waals surface area contributed by atoms with E-state index in [-0.39, 0.29) is 11.4 Å². The van der Waals surface area contributed by atoms with Crippen LogP contribution in [0.1, 0.15) is 17.0 Å². The van der Waals surface area contributed by atoms with Crippen molar-refractivity contribution in [1.29, 1.82) is 0 Å². The molecule has 0 unspecified atom stereocenters. The van der Waals surface area contributed by atoms with Gasteiger partial charge >= 0.3 is 0 Å². The Hall–Kier alpha value is -3.42. The van der Waals surface area contributed by atoms with E-state index in [9.17, 15) is 9.18 Å². The van der Waals surface area contributed by atoms with Crippen LogP contribution in [0.15, 0.2) is 77.6 Å². The van der Waals surface area contributed by atoms with Gasteiger partial charge in [-0.25, -0.2) is 9.37 Å². The molecule has 34 heavy (non-hydrogen) atoms. The first-order valence-electron chi connectivity index (χ1n) is 10.9. The average Bonchev–Trinajstić information content (AvgIpc) is 3.48. The molecular weight excluding hydrogens is 465 g/mol. The Labute approximate surface area is 205 Å². The molecule has 3 heterocycles. The Bertz CT molecular complexity index is 1520. The minimum Gasteiger partial charge on any atom is -0.292 e. The number of halogens is 1. The minimum atomic E-state index is -0.356. The van der Waals surface area contributed by atoms with Gasteiger partial charge in [0.25, 0.3) is 5.56 Å². The maximum Gasteiger partial charge on any atom is 0.262 e. The third kappa shape index (κ3) is 4.49. The van der Waals surface area contributed by atoms with Gasteiger partial charge in [0.1, 0.15) is 11.6 Å². The summed E-state index contributed by atoms with van der Waals surface area (Å²) in [5.41, 5.74) is 3.81. The summed E-state index contributed by atoms with van der Waals surface area (Å²) in [6.07, 6.45) is 0.670. The molecule has 0 aliphatic carbocycles. The Morgan fingerprint density at radius 1 is 0.912 bits per heavy atom. The molecule has 0 atom stereocenters. The van der Waals surface area contributed by atoms with Crippen molar-refractivity contribution in [1.82, 2.24) is 13.9 Å². The molecular formula is C27H22FN3OS2. The van der Waals surface area contributed by atoms with E-state index >= 15 is 0 Å². The molecule has 0 spiro atoms. The smallest absolute Gasteiger partial charge is 0.262 e. The van der Waals surface area contributed by atoms with Crippen molar-refractivity contribution in [2.75, 3.05) is 0 Å². The molecule has 0 fully saturated rings. The molecule has 0 saturated heterocycles. The van der Waals surface area contributed by atoms with Gasteiger partial charge in [0.15, 0.2) is 0 Å². The largest absolute Gasteiger partial charge is 0.292 e. The first kappa shape index (κ1) is 22.4. The third-order valence-electron chi connectivity index (χ3n) is 5.62. The van der Waals surface area contributed by atoms with Crippen molar-refractivity contribution in [2.45, 2.75) is 26.8 Å². The Morgan fingerprint density at radius 2 is 1.71 bits per heavy atom. The summed E-state index contributed by atoms with van der Waals surface area (Å²) >= 11 is 3.02. The number of nitrogens with zero attached hydrogens (tertiary/aromatic N) is 3. The van der Waals surface area contributed by atoms with Crippen molar-refractivity contribution in [3.05, 3.63) is 106 Å². The van der Waals surface area contributed by atoms with Crippen LogP contribution < -0.4 is 5.56 Å². The highest BCUT2D eigenvalue weighted by Crippen LogP contribution is 2.36. The number of hydrogen-bond donors (Lipinski definition) is 0. The van der Waals surface area contributed by atoms with Crippen molar-refractivity contribution in [2.24, 2.45) is 0 Å². The van der Waals surface area contributed by atoms with Crippen molar-refractivity contribution in [3.8, 4) is 31.6 Å². The van der Waals surface area contributed by atoms with Crippen molar-refractivity contribution < 1.29 is 4.39 Å². The summed E-state index contributed by atoms with van der Waals surface area (Å²) in [6, 6.07) is 22.3. The average molecular weight is 488 g/mol. The Morgan fingerprint density at radius 3 is 2.44 bits per heavy atom. The lowest BCUT2D eigenvalue weighted by Crippen LogP contribution is -2.26. The molecule has 5 aromatic rings. The van der Waals surface area contributed by atoms with Crippen LogP contribution >= 0.6 is 22.9 Å². The lowest BCUT2D eigenvalue weighted by molar-refractivity contribution is 0.626. The number of benzene rings is 2. The second-order valence-corrected chi connectivity index (χ2v) is 9.98. The van der Waals surface area contributed by atoms with E-state index in [1.54, 1.807) is 28.0 Å². The van der Waals surface area contributed by atoms with Gasteiger partial charge < -0.3 is 0 Å². The molecule has 2 aromatic carbocycles. The third-order valence-corrected chi connectivity index (χ3v) is 7.80. The summed E-state index contributed by atoms with van der Waals surface area (Å²) in [5, 5.41) is 0. The Kier molecular flexibility index (Phi) is 6.22. The van der Waals surface area contributed by atoms with Gasteiger partial charge in [0.05, 0.1) is 21.8 Å². The maximum absolute atomic E-state index is 14.0. The van der Waals surface area contributed by atoms with Gasteiger partial charge in [0, 0.05) is 21.9 Å². The second-order valence-electron chi connectivity index (χ2n) is 8.09. The van der Waals surface area contributed by atoms with Gasteiger partial charge in [-0.05, 0) is 67.7 Å². The molecule has 0 radical (unpaired) electrons. The molecule has 5 rings (SSSR count).